The van der Waals surface area contributed by atoms with Gasteiger partial charge in [0.05, 0.1) is 5.56 Å². The third kappa shape index (κ3) is 4.67. The van der Waals surface area contributed by atoms with Gasteiger partial charge in [0, 0.05) is 6.61 Å². The van der Waals surface area contributed by atoms with Gasteiger partial charge >= 0.3 is 11.9 Å². The Balaban J connectivity index is 2.02. The van der Waals surface area contributed by atoms with E-state index in [-0.39, 0.29) is 5.56 Å². The minimum absolute atomic E-state index is 0.241. The first-order valence-corrected chi connectivity index (χ1v) is 7.78. The fraction of sp³-hybridized carbons (Fsp3) is 0.263. The maximum absolute atomic E-state index is 11.9. The van der Waals surface area contributed by atoms with Crippen molar-refractivity contribution in [1.82, 2.24) is 0 Å². The summed E-state index contributed by atoms with van der Waals surface area (Å²) in [6.07, 6.45) is 0.237. The van der Waals surface area contributed by atoms with Crippen LogP contribution >= 0.6 is 0 Å². The fourth-order valence-electron chi connectivity index (χ4n) is 2.08. The van der Waals surface area contributed by atoms with Gasteiger partial charge in [-0.05, 0) is 48.7 Å². The Morgan fingerprint density at radius 3 is 2.04 bits per heavy atom. The van der Waals surface area contributed by atoms with Gasteiger partial charge in [0.25, 0.3) is 0 Å². The lowest BCUT2D eigenvalue weighted by atomic mass is 10.0. The van der Waals surface area contributed by atoms with Crippen molar-refractivity contribution in [1.29, 1.82) is 0 Å². The van der Waals surface area contributed by atoms with Crippen molar-refractivity contribution in [3.63, 3.8) is 0 Å². The first-order valence-electron chi connectivity index (χ1n) is 7.78. The molecule has 0 radical (unpaired) electrons. The van der Waals surface area contributed by atoms with Crippen LogP contribution in [0.4, 0.5) is 0 Å². The molecule has 2 aromatic carbocycles. The van der Waals surface area contributed by atoms with E-state index in [0.717, 1.165) is 17.5 Å². The minimum atomic E-state index is -0.955. The van der Waals surface area contributed by atoms with Crippen LogP contribution in [0, 0.1) is 0 Å². The first kappa shape index (κ1) is 17.7. The van der Waals surface area contributed by atoms with Crippen LogP contribution in [0.2, 0.25) is 0 Å². The first-order chi connectivity index (χ1) is 11.5. The summed E-state index contributed by atoms with van der Waals surface area (Å²) in [6.45, 7) is 4.15. The Morgan fingerprint density at radius 2 is 1.54 bits per heavy atom. The molecule has 0 aliphatic carbocycles. The van der Waals surface area contributed by atoms with Crippen molar-refractivity contribution in [3.05, 3.63) is 54.1 Å². The Bertz CT molecular complexity index is 689. The molecule has 0 heterocycles. The molecule has 0 aliphatic heterocycles. The summed E-state index contributed by atoms with van der Waals surface area (Å²) in [7, 11) is 0. The number of carbonyl (C=O) groups excluding carboxylic acids is 1. The molecule has 0 saturated carbocycles. The van der Waals surface area contributed by atoms with Crippen LogP contribution in [0.1, 0.15) is 30.6 Å². The molecule has 0 saturated heterocycles. The number of rotatable bonds is 7. The quantitative estimate of drug-likeness (QED) is 0.618. The van der Waals surface area contributed by atoms with E-state index in [1.54, 1.807) is 43.3 Å². The zero-order valence-corrected chi connectivity index (χ0v) is 13.7. The van der Waals surface area contributed by atoms with E-state index in [4.69, 9.17) is 14.6 Å². The van der Waals surface area contributed by atoms with Crippen LogP contribution in [0.25, 0.3) is 11.1 Å². The molecule has 0 bridgehead atoms. The van der Waals surface area contributed by atoms with E-state index in [1.165, 1.54) is 0 Å². The summed E-state index contributed by atoms with van der Waals surface area (Å²) in [5.41, 5.74) is 2.03. The van der Waals surface area contributed by atoms with Gasteiger partial charge in [0.1, 0.15) is 5.75 Å². The molecule has 2 aromatic rings. The van der Waals surface area contributed by atoms with E-state index in [2.05, 4.69) is 0 Å². The zero-order chi connectivity index (χ0) is 17.5. The van der Waals surface area contributed by atoms with Crippen LogP contribution in [0.5, 0.6) is 5.75 Å². The number of carbonyl (C=O) groups is 2. The van der Waals surface area contributed by atoms with Gasteiger partial charge in [-0.2, -0.15) is 0 Å². The van der Waals surface area contributed by atoms with E-state index >= 15 is 0 Å². The van der Waals surface area contributed by atoms with Crippen molar-refractivity contribution >= 4 is 11.9 Å². The van der Waals surface area contributed by atoms with E-state index < -0.39 is 18.0 Å². The monoisotopic (exact) mass is 328 g/mol. The molecule has 1 unspecified atom stereocenters. The van der Waals surface area contributed by atoms with Gasteiger partial charge in [-0.25, -0.2) is 9.59 Å². The average Bonchev–Trinajstić information content (AvgIpc) is 2.60. The molecule has 0 aliphatic rings. The van der Waals surface area contributed by atoms with Crippen LogP contribution in [0.3, 0.4) is 0 Å². The number of hydrogen-bond donors (Lipinski definition) is 1. The maximum atomic E-state index is 11.9. The molecule has 24 heavy (non-hydrogen) atoms. The Labute approximate surface area is 140 Å². The molecule has 2 rings (SSSR count). The second kappa shape index (κ2) is 8.26. The van der Waals surface area contributed by atoms with Gasteiger partial charge in [-0.1, -0.05) is 31.2 Å². The highest BCUT2D eigenvalue weighted by Crippen LogP contribution is 2.23. The van der Waals surface area contributed by atoms with Crippen LogP contribution in [-0.4, -0.2) is 29.8 Å². The molecule has 0 spiro atoms. The number of hydrogen-bond acceptors (Lipinski definition) is 4. The molecule has 5 nitrogen and oxygen atoms in total. The lowest BCUT2D eigenvalue weighted by Gasteiger charge is -2.12. The molecule has 0 aromatic heterocycles. The SMILES string of the molecule is CCCOC(C)C(=O)Oc1ccc(-c2ccc(C(=O)O)cc2)cc1. The normalized spacial score (nSPS) is 11.8. The van der Waals surface area contributed by atoms with E-state index in [9.17, 15) is 9.59 Å². The van der Waals surface area contributed by atoms with Crippen LogP contribution in [0.15, 0.2) is 48.5 Å². The van der Waals surface area contributed by atoms with Gasteiger partial charge in [-0.3, -0.25) is 0 Å². The van der Waals surface area contributed by atoms with Crippen molar-refractivity contribution in [2.24, 2.45) is 0 Å². The number of carboxylic acid groups (broad SMARTS) is 1. The van der Waals surface area contributed by atoms with Crippen molar-refractivity contribution in [2.45, 2.75) is 26.4 Å². The van der Waals surface area contributed by atoms with Gasteiger partial charge in [-0.15, -0.1) is 0 Å². The minimum Gasteiger partial charge on any atom is -0.478 e. The summed E-state index contributed by atoms with van der Waals surface area (Å²) < 4.78 is 10.6. The topological polar surface area (TPSA) is 72.8 Å². The Morgan fingerprint density at radius 1 is 1.00 bits per heavy atom. The summed E-state index contributed by atoms with van der Waals surface area (Å²) in [4.78, 5) is 22.7. The zero-order valence-electron chi connectivity index (χ0n) is 13.7. The second-order valence-corrected chi connectivity index (χ2v) is 5.34. The predicted octanol–water partition coefficient (Wildman–Crippen LogP) is 3.77. The standard InChI is InChI=1S/C19H20O5/c1-3-12-23-13(2)19(22)24-17-10-8-15(9-11-17)14-4-6-16(7-5-14)18(20)21/h4-11,13H,3,12H2,1-2H3,(H,20,21). The highest BCUT2D eigenvalue weighted by atomic mass is 16.6. The highest BCUT2D eigenvalue weighted by Gasteiger charge is 2.15. The lowest BCUT2D eigenvalue weighted by Crippen LogP contribution is -2.26. The third-order valence-electron chi connectivity index (χ3n) is 3.44. The number of benzene rings is 2. The van der Waals surface area contributed by atoms with E-state index in [1.807, 2.05) is 19.1 Å². The average molecular weight is 328 g/mol. The summed E-state index contributed by atoms with van der Waals surface area (Å²) in [5, 5.41) is 8.91. The predicted molar refractivity (Wildman–Crippen MR) is 90.2 cm³/mol. The number of esters is 1. The van der Waals surface area contributed by atoms with E-state index in [0.29, 0.717) is 12.4 Å². The number of aromatic carboxylic acids is 1. The van der Waals surface area contributed by atoms with Gasteiger partial charge in [0.2, 0.25) is 0 Å². The van der Waals surface area contributed by atoms with Crippen LogP contribution < -0.4 is 4.74 Å². The maximum Gasteiger partial charge on any atom is 0.340 e. The third-order valence-corrected chi connectivity index (χ3v) is 3.44. The molecule has 126 valence electrons. The molecule has 5 heteroatoms. The fourth-order valence-corrected chi connectivity index (χ4v) is 2.08. The summed E-state index contributed by atoms with van der Waals surface area (Å²) >= 11 is 0. The molecule has 0 amide bonds. The molecule has 0 fully saturated rings. The largest absolute Gasteiger partial charge is 0.478 e. The van der Waals surface area contributed by atoms with Gasteiger partial charge in [0.15, 0.2) is 6.10 Å². The second-order valence-electron chi connectivity index (χ2n) is 5.34. The molecule has 1 N–H and O–H groups in total. The number of ether oxygens (including phenoxy) is 2. The van der Waals surface area contributed by atoms with Gasteiger partial charge < -0.3 is 14.6 Å². The molecular formula is C19H20O5. The lowest BCUT2D eigenvalue weighted by molar-refractivity contribution is -0.146. The van der Waals surface area contributed by atoms with Crippen molar-refractivity contribution in [3.8, 4) is 16.9 Å². The summed E-state index contributed by atoms with van der Waals surface area (Å²) in [5.74, 6) is -0.942. The highest BCUT2D eigenvalue weighted by molar-refractivity contribution is 5.88. The Kier molecular flexibility index (Phi) is 6.09. The molecule has 1 atom stereocenters. The van der Waals surface area contributed by atoms with Crippen molar-refractivity contribution < 1.29 is 24.2 Å². The van der Waals surface area contributed by atoms with Crippen molar-refractivity contribution in [2.75, 3.05) is 6.61 Å². The smallest absolute Gasteiger partial charge is 0.340 e. The number of carboxylic acids is 1. The summed E-state index contributed by atoms with van der Waals surface area (Å²) in [6, 6.07) is 13.6. The Hall–Kier alpha value is -2.66. The molecular weight excluding hydrogens is 308 g/mol. The van der Waals surface area contributed by atoms with Crippen LogP contribution in [-0.2, 0) is 9.53 Å².